The number of aliphatic hydroxyl groups excluding tert-OH is 1. The summed E-state index contributed by atoms with van der Waals surface area (Å²) in [5.74, 6) is 1.19. The highest BCUT2D eigenvalue weighted by Gasteiger charge is 2.36. The molecule has 3 heterocycles. The monoisotopic (exact) mass is 350 g/mol. The maximum Gasteiger partial charge on any atom is 0.230 e. The van der Waals surface area contributed by atoms with Crippen LogP contribution in [0, 0.1) is 18.8 Å². The van der Waals surface area contributed by atoms with E-state index in [0.717, 1.165) is 45.0 Å². The zero-order chi connectivity index (χ0) is 17.8. The molecule has 0 spiro atoms. The van der Waals surface area contributed by atoms with E-state index in [1.807, 2.05) is 17.9 Å². The molecule has 0 aliphatic carbocycles. The van der Waals surface area contributed by atoms with Crippen LogP contribution in [0.15, 0.2) is 10.6 Å². The molecule has 1 N–H and O–H groups in total. The Morgan fingerprint density at radius 1 is 1.28 bits per heavy atom. The number of likely N-dealkylation sites (N-methyl/N-ethyl adjacent to an activating group) is 1. The minimum atomic E-state index is 0.0627. The van der Waals surface area contributed by atoms with Gasteiger partial charge < -0.3 is 24.3 Å². The van der Waals surface area contributed by atoms with E-state index < -0.39 is 0 Å². The van der Waals surface area contributed by atoms with Gasteiger partial charge in [-0.25, -0.2) is 0 Å². The number of likely N-dealkylation sites (tertiary alicyclic amines) is 1. The van der Waals surface area contributed by atoms with Gasteiger partial charge in [-0.3, -0.25) is 4.79 Å². The number of aryl methyl sites for hydroxylation is 1. The van der Waals surface area contributed by atoms with Gasteiger partial charge in [-0.2, -0.15) is 0 Å². The molecule has 7 nitrogen and oxygen atoms in total. The fourth-order valence-electron chi connectivity index (χ4n) is 3.93. The topological polar surface area (TPSA) is 73.1 Å². The van der Waals surface area contributed by atoms with Crippen molar-refractivity contribution in [3.8, 4) is 0 Å². The fourth-order valence-corrected chi connectivity index (χ4v) is 3.93. The van der Waals surface area contributed by atoms with Gasteiger partial charge in [0.2, 0.25) is 5.91 Å². The van der Waals surface area contributed by atoms with Gasteiger partial charge in [-0.05, 0) is 39.4 Å². The normalized spacial score (nSPS) is 26.1. The van der Waals surface area contributed by atoms with Crippen LogP contribution in [0.2, 0.25) is 0 Å². The van der Waals surface area contributed by atoms with Gasteiger partial charge in [0.15, 0.2) is 0 Å². The summed E-state index contributed by atoms with van der Waals surface area (Å²) in [6.07, 6.45) is 1.43. The van der Waals surface area contributed by atoms with Gasteiger partial charge in [0.05, 0.1) is 12.1 Å². The summed E-state index contributed by atoms with van der Waals surface area (Å²) in [5, 5.41) is 13.6. The zero-order valence-electron chi connectivity index (χ0n) is 15.4. The van der Waals surface area contributed by atoms with Crippen molar-refractivity contribution in [1.82, 2.24) is 19.9 Å². The molecule has 140 valence electrons. The van der Waals surface area contributed by atoms with Crippen molar-refractivity contribution in [3.63, 3.8) is 0 Å². The van der Waals surface area contributed by atoms with Gasteiger partial charge in [0, 0.05) is 51.3 Å². The predicted molar refractivity (Wildman–Crippen MR) is 94.1 cm³/mol. The van der Waals surface area contributed by atoms with E-state index in [2.05, 4.69) is 22.0 Å². The predicted octanol–water partition coefficient (Wildman–Crippen LogP) is 0.230. The second-order valence-electron chi connectivity index (χ2n) is 7.57. The molecule has 7 heteroatoms. The first-order valence-electron chi connectivity index (χ1n) is 9.27. The standard InChI is InChI=1S/C18H30N4O3/c1-14-8-17(25-19-14)9-18(24)22-11-15(16(12-22)13-23)10-21-5-3-4-20(2)6-7-21/h8,15-16,23H,3-7,9-13H2,1-2H3/t15-,16-/m1/s1. The number of nitrogens with zero attached hydrogens (tertiary/aromatic N) is 4. The largest absolute Gasteiger partial charge is 0.396 e. The van der Waals surface area contributed by atoms with Crippen LogP contribution in [0.5, 0.6) is 0 Å². The first-order chi connectivity index (χ1) is 12.0. The minimum absolute atomic E-state index is 0.0627. The Morgan fingerprint density at radius 2 is 2.08 bits per heavy atom. The molecule has 0 aromatic carbocycles. The minimum Gasteiger partial charge on any atom is -0.396 e. The first kappa shape index (κ1) is 18.4. The molecule has 2 aliphatic heterocycles. The van der Waals surface area contributed by atoms with Crippen molar-refractivity contribution in [1.29, 1.82) is 0 Å². The Morgan fingerprint density at radius 3 is 2.80 bits per heavy atom. The number of amides is 1. The second-order valence-corrected chi connectivity index (χ2v) is 7.57. The molecular formula is C18H30N4O3. The molecule has 0 saturated carbocycles. The van der Waals surface area contributed by atoms with Crippen molar-refractivity contribution >= 4 is 5.91 Å². The van der Waals surface area contributed by atoms with Crippen LogP contribution in [-0.4, -0.2) is 90.3 Å². The van der Waals surface area contributed by atoms with Gasteiger partial charge >= 0.3 is 0 Å². The summed E-state index contributed by atoms with van der Waals surface area (Å²) in [6.45, 7) is 8.72. The average Bonchev–Trinajstić information content (AvgIpc) is 3.12. The summed E-state index contributed by atoms with van der Waals surface area (Å²) in [4.78, 5) is 19.3. The zero-order valence-corrected chi connectivity index (χ0v) is 15.4. The summed E-state index contributed by atoms with van der Waals surface area (Å²) < 4.78 is 5.16. The van der Waals surface area contributed by atoms with Gasteiger partial charge in [-0.1, -0.05) is 5.16 Å². The number of carbonyl (C=O) groups is 1. The van der Waals surface area contributed by atoms with Crippen LogP contribution >= 0.6 is 0 Å². The van der Waals surface area contributed by atoms with Crippen LogP contribution in [-0.2, 0) is 11.2 Å². The molecule has 0 bridgehead atoms. The summed E-state index contributed by atoms with van der Waals surface area (Å²) in [6, 6.07) is 1.81. The number of aromatic nitrogens is 1. The van der Waals surface area contributed by atoms with E-state index in [1.165, 1.54) is 6.42 Å². The second kappa shape index (κ2) is 8.29. The summed E-state index contributed by atoms with van der Waals surface area (Å²) in [7, 11) is 2.17. The lowest BCUT2D eigenvalue weighted by Gasteiger charge is -2.26. The molecule has 1 aromatic heterocycles. The number of hydrogen-bond donors (Lipinski definition) is 1. The van der Waals surface area contributed by atoms with Crippen LogP contribution < -0.4 is 0 Å². The van der Waals surface area contributed by atoms with Crippen molar-refractivity contribution in [2.75, 3.05) is 59.5 Å². The van der Waals surface area contributed by atoms with Gasteiger partial charge in [-0.15, -0.1) is 0 Å². The van der Waals surface area contributed by atoms with Gasteiger partial charge in [0.25, 0.3) is 0 Å². The molecule has 2 atom stereocenters. The molecule has 2 saturated heterocycles. The van der Waals surface area contributed by atoms with Gasteiger partial charge in [0.1, 0.15) is 5.76 Å². The molecule has 2 fully saturated rings. The summed E-state index contributed by atoms with van der Waals surface area (Å²) >= 11 is 0. The third-order valence-corrected chi connectivity index (χ3v) is 5.47. The number of hydrogen-bond acceptors (Lipinski definition) is 6. The maximum atomic E-state index is 12.6. The number of carbonyl (C=O) groups excluding carboxylic acids is 1. The van der Waals surface area contributed by atoms with Crippen LogP contribution in [0.4, 0.5) is 0 Å². The van der Waals surface area contributed by atoms with E-state index in [0.29, 0.717) is 18.2 Å². The number of aliphatic hydroxyl groups is 1. The molecule has 2 aliphatic rings. The van der Waals surface area contributed by atoms with Crippen molar-refractivity contribution in [2.24, 2.45) is 11.8 Å². The SMILES string of the molecule is Cc1cc(CC(=O)N2C[C@@H](CN3CCCN(C)CC3)[C@@H](CO)C2)on1. The lowest BCUT2D eigenvalue weighted by atomic mass is 9.96. The highest BCUT2D eigenvalue weighted by molar-refractivity contribution is 5.78. The molecular weight excluding hydrogens is 320 g/mol. The lowest BCUT2D eigenvalue weighted by molar-refractivity contribution is -0.130. The Balaban J connectivity index is 1.55. The van der Waals surface area contributed by atoms with E-state index in [1.54, 1.807) is 0 Å². The van der Waals surface area contributed by atoms with E-state index >= 15 is 0 Å². The third-order valence-electron chi connectivity index (χ3n) is 5.47. The third kappa shape index (κ3) is 4.80. The highest BCUT2D eigenvalue weighted by atomic mass is 16.5. The van der Waals surface area contributed by atoms with E-state index in [4.69, 9.17) is 4.52 Å². The Bertz CT molecular complexity index is 576. The Labute approximate surface area is 149 Å². The Kier molecular flexibility index (Phi) is 6.09. The molecule has 1 amide bonds. The number of rotatable bonds is 5. The smallest absolute Gasteiger partial charge is 0.230 e. The first-order valence-corrected chi connectivity index (χ1v) is 9.27. The van der Waals surface area contributed by atoms with Crippen molar-refractivity contribution in [2.45, 2.75) is 19.8 Å². The van der Waals surface area contributed by atoms with Crippen LogP contribution in [0.1, 0.15) is 17.9 Å². The average molecular weight is 350 g/mol. The fraction of sp³-hybridized carbons (Fsp3) is 0.778. The summed E-state index contributed by atoms with van der Waals surface area (Å²) in [5.41, 5.74) is 0.793. The highest BCUT2D eigenvalue weighted by Crippen LogP contribution is 2.25. The van der Waals surface area contributed by atoms with Crippen molar-refractivity contribution in [3.05, 3.63) is 17.5 Å². The van der Waals surface area contributed by atoms with E-state index in [9.17, 15) is 9.90 Å². The molecule has 3 rings (SSSR count). The molecule has 1 aromatic rings. The van der Waals surface area contributed by atoms with E-state index in [-0.39, 0.29) is 24.9 Å². The maximum absolute atomic E-state index is 12.6. The van der Waals surface area contributed by atoms with Crippen molar-refractivity contribution < 1.29 is 14.4 Å². The van der Waals surface area contributed by atoms with Crippen LogP contribution in [0.3, 0.4) is 0 Å². The lowest BCUT2D eigenvalue weighted by Crippen LogP contribution is -2.36. The quantitative estimate of drug-likeness (QED) is 0.820. The molecule has 25 heavy (non-hydrogen) atoms. The molecule has 0 radical (unpaired) electrons. The Hall–Kier alpha value is -1.44. The van der Waals surface area contributed by atoms with Crippen LogP contribution in [0.25, 0.3) is 0 Å². The molecule has 0 unspecified atom stereocenters.